The van der Waals surface area contributed by atoms with Crippen molar-refractivity contribution in [2.24, 2.45) is 5.92 Å². The second-order valence-corrected chi connectivity index (χ2v) is 10.1. The van der Waals surface area contributed by atoms with Crippen molar-refractivity contribution < 1.29 is 13.2 Å². The number of carbonyl (C=O) groups excluding carboxylic acids is 1. The number of rotatable bonds is 4. The van der Waals surface area contributed by atoms with Crippen molar-refractivity contribution in [2.75, 3.05) is 19.6 Å². The van der Waals surface area contributed by atoms with E-state index in [9.17, 15) is 13.2 Å². The molecule has 2 aliphatic heterocycles. The van der Waals surface area contributed by atoms with Gasteiger partial charge < -0.3 is 4.90 Å². The molecule has 2 heterocycles. The summed E-state index contributed by atoms with van der Waals surface area (Å²) < 4.78 is 27.5. The van der Waals surface area contributed by atoms with E-state index >= 15 is 0 Å². The Morgan fingerprint density at radius 1 is 0.931 bits per heavy atom. The van der Waals surface area contributed by atoms with Gasteiger partial charge in [-0.05, 0) is 55.5 Å². The fraction of sp³-hybridized carbons (Fsp3) is 0.409. The summed E-state index contributed by atoms with van der Waals surface area (Å²) in [6.45, 7) is 1.41. The highest BCUT2D eigenvalue weighted by Gasteiger charge is 2.38. The zero-order valence-electron chi connectivity index (χ0n) is 16.2. The van der Waals surface area contributed by atoms with Crippen LogP contribution >= 0.6 is 11.6 Å². The monoisotopic (exact) mass is 432 g/mol. The molecule has 2 aromatic carbocycles. The minimum atomic E-state index is -3.63. The van der Waals surface area contributed by atoms with Crippen LogP contribution in [0.2, 0.25) is 5.02 Å². The summed E-state index contributed by atoms with van der Waals surface area (Å²) in [4.78, 5) is 15.5. The lowest BCUT2D eigenvalue weighted by atomic mass is 9.96. The third kappa shape index (κ3) is 4.20. The third-order valence-corrected chi connectivity index (χ3v) is 8.04. The third-order valence-electron chi connectivity index (χ3n) is 5.91. The van der Waals surface area contributed by atoms with Gasteiger partial charge in [-0.15, -0.1) is 0 Å². The van der Waals surface area contributed by atoms with Crippen LogP contribution in [0.1, 0.15) is 37.3 Å². The lowest BCUT2D eigenvalue weighted by Gasteiger charge is -2.35. The molecule has 4 rings (SSSR count). The van der Waals surface area contributed by atoms with Gasteiger partial charge in [-0.25, -0.2) is 8.42 Å². The van der Waals surface area contributed by atoms with E-state index in [-0.39, 0.29) is 29.3 Å². The molecule has 0 bridgehead atoms. The van der Waals surface area contributed by atoms with Gasteiger partial charge >= 0.3 is 0 Å². The second-order valence-electron chi connectivity index (χ2n) is 7.76. The molecule has 2 fully saturated rings. The molecule has 7 heteroatoms. The van der Waals surface area contributed by atoms with E-state index in [1.807, 2.05) is 23.1 Å². The molecule has 0 aliphatic carbocycles. The van der Waals surface area contributed by atoms with Crippen molar-refractivity contribution >= 4 is 27.5 Å². The van der Waals surface area contributed by atoms with Crippen molar-refractivity contribution in [1.29, 1.82) is 0 Å². The van der Waals surface area contributed by atoms with Gasteiger partial charge in [-0.1, -0.05) is 41.9 Å². The highest BCUT2D eigenvalue weighted by molar-refractivity contribution is 7.89. The standard InChI is InChI=1S/C22H25ClN2O3S/c23-19-10-12-20(13-11-19)29(27,28)24-14-4-8-18(16-24)22(26)25-15-5-9-21(25)17-6-2-1-3-7-17/h1-3,6-7,10-13,18,21H,4-5,8-9,14-16H2/t18-,21+/m1/s1. The molecule has 0 N–H and O–H groups in total. The van der Waals surface area contributed by atoms with Gasteiger partial charge in [-0.3, -0.25) is 4.79 Å². The Morgan fingerprint density at radius 2 is 1.62 bits per heavy atom. The van der Waals surface area contributed by atoms with Crippen LogP contribution in [0, 0.1) is 5.92 Å². The molecule has 0 aromatic heterocycles. The van der Waals surface area contributed by atoms with Gasteiger partial charge in [0.15, 0.2) is 0 Å². The van der Waals surface area contributed by atoms with E-state index in [1.165, 1.54) is 16.4 Å². The quantitative estimate of drug-likeness (QED) is 0.730. The van der Waals surface area contributed by atoms with E-state index in [2.05, 4.69) is 12.1 Å². The van der Waals surface area contributed by atoms with Gasteiger partial charge in [0.05, 0.1) is 16.9 Å². The highest BCUT2D eigenvalue weighted by Crippen LogP contribution is 2.35. The Labute approximate surface area is 177 Å². The highest BCUT2D eigenvalue weighted by atomic mass is 35.5. The molecule has 0 spiro atoms. The SMILES string of the molecule is O=C([C@@H]1CCCN(S(=O)(=O)c2ccc(Cl)cc2)C1)N1CCC[C@H]1c1ccccc1. The molecule has 2 aliphatic rings. The van der Waals surface area contributed by atoms with Crippen molar-refractivity contribution in [3.05, 3.63) is 65.2 Å². The van der Waals surface area contributed by atoms with Crippen LogP contribution in [0.4, 0.5) is 0 Å². The van der Waals surface area contributed by atoms with Gasteiger partial charge in [0.25, 0.3) is 0 Å². The van der Waals surface area contributed by atoms with Crippen molar-refractivity contribution in [2.45, 2.75) is 36.6 Å². The first-order valence-corrected chi connectivity index (χ1v) is 11.9. The van der Waals surface area contributed by atoms with Gasteiger partial charge in [0, 0.05) is 24.7 Å². The molecule has 2 saturated heterocycles. The normalized spacial score (nSPS) is 23.3. The van der Waals surface area contributed by atoms with Gasteiger partial charge in [-0.2, -0.15) is 4.31 Å². The van der Waals surface area contributed by atoms with Gasteiger partial charge in [0.2, 0.25) is 15.9 Å². The minimum absolute atomic E-state index is 0.0763. The minimum Gasteiger partial charge on any atom is -0.335 e. The summed E-state index contributed by atoms with van der Waals surface area (Å²) in [6.07, 6.45) is 3.34. The number of piperidine rings is 1. The number of carbonyl (C=O) groups is 1. The van der Waals surface area contributed by atoms with E-state index in [1.54, 1.807) is 12.1 Å². The van der Waals surface area contributed by atoms with Crippen LogP contribution in [0.15, 0.2) is 59.5 Å². The molecule has 29 heavy (non-hydrogen) atoms. The molecule has 1 amide bonds. The maximum Gasteiger partial charge on any atom is 0.243 e. The van der Waals surface area contributed by atoms with Crippen molar-refractivity contribution in [3.63, 3.8) is 0 Å². The number of hydrogen-bond acceptors (Lipinski definition) is 3. The summed E-state index contributed by atoms with van der Waals surface area (Å²) in [5.74, 6) is -0.220. The maximum atomic E-state index is 13.3. The van der Waals surface area contributed by atoms with Crippen LogP contribution in [0.3, 0.4) is 0 Å². The lowest BCUT2D eigenvalue weighted by Crippen LogP contribution is -2.46. The first kappa shape index (κ1) is 20.4. The number of amides is 1. The number of likely N-dealkylation sites (tertiary alicyclic amines) is 1. The molecule has 2 aromatic rings. The average Bonchev–Trinajstić information content (AvgIpc) is 3.24. The first-order chi connectivity index (χ1) is 14.0. The first-order valence-electron chi connectivity index (χ1n) is 10.1. The number of hydrogen-bond donors (Lipinski definition) is 0. The smallest absolute Gasteiger partial charge is 0.243 e. The summed E-state index contributed by atoms with van der Waals surface area (Å²) >= 11 is 5.89. The summed E-state index contributed by atoms with van der Waals surface area (Å²) in [7, 11) is -3.63. The van der Waals surface area contributed by atoms with E-state index in [0.717, 1.165) is 31.4 Å². The van der Waals surface area contributed by atoms with Crippen LogP contribution in [-0.4, -0.2) is 43.2 Å². The Kier molecular flexibility index (Phi) is 5.95. The maximum absolute atomic E-state index is 13.3. The fourth-order valence-corrected chi connectivity index (χ4v) is 6.05. The lowest BCUT2D eigenvalue weighted by molar-refractivity contribution is -0.137. The zero-order valence-corrected chi connectivity index (χ0v) is 17.8. The van der Waals surface area contributed by atoms with Crippen LogP contribution in [0.25, 0.3) is 0 Å². The molecule has 154 valence electrons. The second kappa shape index (κ2) is 8.46. The predicted octanol–water partition coefficient (Wildman–Crippen LogP) is 4.10. The summed E-state index contributed by atoms with van der Waals surface area (Å²) in [5, 5.41) is 0.497. The Bertz CT molecular complexity index is 963. The van der Waals surface area contributed by atoms with Crippen molar-refractivity contribution in [3.8, 4) is 0 Å². The Morgan fingerprint density at radius 3 is 2.34 bits per heavy atom. The molecule has 0 radical (unpaired) electrons. The summed E-state index contributed by atoms with van der Waals surface area (Å²) in [5.41, 5.74) is 1.15. The summed E-state index contributed by atoms with van der Waals surface area (Å²) in [6, 6.07) is 16.4. The number of nitrogens with zero attached hydrogens (tertiary/aromatic N) is 2. The molecular weight excluding hydrogens is 408 g/mol. The van der Waals surface area contributed by atoms with Gasteiger partial charge in [0.1, 0.15) is 0 Å². The Balaban J connectivity index is 1.50. The Hall–Kier alpha value is -1.89. The van der Waals surface area contributed by atoms with Crippen LogP contribution < -0.4 is 0 Å². The average molecular weight is 433 g/mol. The fourth-order valence-electron chi connectivity index (χ4n) is 4.40. The molecule has 2 atom stereocenters. The molecular formula is C22H25ClN2O3S. The van der Waals surface area contributed by atoms with E-state index < -0.39 is 10.0 Å². The number of halogens is 1. The van der Waals surface area contributed by atoms with E-state index in [0.29, 0.717) is 18.0 Å². The van der Waals surface area contributed by atoms with Crippen molar-refractivity contribution in [1.82, 2.24) is 9.21 Å². The van der Waals surface area contributed by atoms with E-state index in [4.69, 9.17) is 11.6 Å². The zero-order chi connectivity index (χ0) is 20.4. The molecule has 0 unspecified atom stereocenters. The number of sulfonamides is 1. The topological polar surface area (TPSA) is 57.7 Å². The predicted molar refractivity (Wildman–Crippen MR) is 113 cm³/mol. The molecule has 5 nitrogen and oxygen atoms in total. The van der Waals surface area contributed by atoms with Crippen LogP contribution in [-0.2, 0) is 14.8 Å². The largest absolute Gasteiger partial charge is 0.335 e. The number of benzene rings is 2. The molecule has 0 saturated carbocycles. The van der Waals surface area contributed by atoms with Crippen LogP contribution in [0.5, 0.6) is 0 Å².